The van der Waals surface area contributed by atoms with Gasteiger partial charge in [-0.05, 0) is 29.5 Å². The third kappa shape index (κ3) is 5.40. The molecule has 3 N–H and O–H groups in total. The van der Waals surface area contributed by atoms with E-state index >= 15 is 0 Å². The standard InChI is InChI=1S/C18H20N2O3S/c1-24-15-9-7-14(8-10-15)16(21)12-20-18(23)17(22)19-11-13-5-3-2-4-6-13/h2-10,16,21H,11-12H2,1H3,(H,19,22)(H,20,23)/t16-/m0/s1. The number of carbonyl (C=O) groups excluding carboxylic acids is 2. The van der Waals surface area contributed by atoms with Crippen LogP contribution in [-0.2, 0) is 16.1 Å². The predicted octanol–water partition coefficient (Wildman–Crippen LogP) is 1.87. The van der Waals surface area contributed by atoms with Gasteiger partial charge >= 0.3 is 11.8 Å². The van der Waals surface area contributed by atoms with Crippen molar-refractivity contribution in [3.8, 4) is 0 Å². The Bertz CT molecular complexity index is 674. The maximum absolute atomic E-state index is 11.8. The Balaban J connectivity index is 1.77. The van der Waals surface area contributed by atoms with Crippen molar-refractivity contribution in [3.05, 3.63) is 65.7 Å². The molecule has 0 aromatic heterocycles. The number of thioether (sulfide) groups is 1. The molecule has 5 nitrogen and oxygen atoms in total. The van der Waals surface area contributed by atoms with E-state index in [-0.39, 0.29) is 13.1 Å². The second kappa shape index (κ2) is 9.10. The van der Waals surface area contributed by atoms with Gasteiger partial charge in [-0.3, -0.25) is 9.59 Å². The number of hydrogen-bond acceptors (Lipinski definition) is 4. The Labute approximate surface area is 145 Å². The molecule has 2 amide bonds. The number of nitrogens with one attached hydrogen (secondary N) is 2. The van der Waals surface area contributed by atoms with Crippen molar-refractivity contribution >= 4 is 23.6 Å². The van der Waals surface area contributed by atoms with Crippen LogP contribution < -0.4 is 10.6 Å². The number of aliphatic hydroxyl groups excluding tert-OH is 1. The molecule has 0 saturated carbocycles. The Morgan fingerprint density at radius 1 is 1.00 bits per heavy atom. The van der Waals surface area contributed by atoms with Crippen LogP contribution in [0, 0.1) is 0 Å². The van der Waals surface area contributed by atoms with Crippen LogP contribution >= 0.6 is 11.8 Å². The summed E-state index contributed by atoms with van der Waals surface area (Å²) < 4.78 is 0. The van der Waals surface area contributed by atoms with Gasteiger partial charge in [0.15, 0.2) is 0 Å². The highest BCUT2D eigenvalue weighted by Crippen LogP contribution is 2.18. The molecule has 2 aromatic rings. The molecule has 0 bridgehead atoms. The van der Waals surface area contributed by atoms with Crippen LogP contribution in [0.4, 0.5) is 0 Å². The van der Waals surface area contributed by atoms with Crippen molar-refractivity contribution in [2.45, 2.75) is 17.5 Å². The van der Waals surface area contributed by atoms with E-state index in [4.69, 9.17) is 0 Å². The maximum Gasteiger partial charge on any atom is 0.309 e. The second-order valence-corrected chi connectivity index (χ2v) is 6.05. The van der Waals surface area contributed by atoms with Crippen LogP contribution in [0.15, 0.2) is 59.5 Å². The fourth-order valence-electron chi connectivity index (χ4n) is 2.07. The number of aliphatic hydroxyl groups is 1. The average Bonchev–Trinajstić information content (AvgIpc) is 2.64. The maximum atomic E-state index is 11.8. The highest BCUT2D eigenvalue weighted by molar-refractivity contribution is 7.98. The molecule has 2 rings (SSSR count). The molecule has 0 heterocycles. The van der Waals surface area contributed by atoms with Crippen molar-refractivity contribution in [2.75, 3.05) is 12.8 Å². The summed E-state index contributed by atoms with van der Waals surface area (Å²) in [5, 5.41) is 15.1. The van der Waals surface area contributed by atoms with Crippen molar-refractivity contribution < 1.29 is 14.7 Å². The van der Waals surface area contributed by atoms with Crippen LogP contribution in [0.25, 0.3) is 0 Å². The lowest BCUT2D eigenvalue weighted by atomic mass is 10.1. The minimum absolute atomic E-state index is 0.0177. The molecule has 0 radical (unpaired) electrons. The molecule has 1 atom stereocenters. The van der Waals surface area contributed by atoms with Crippen molar-refractivity contribution in [1.82, 2.24) is 10.6 Å². The van der Waals surface area contributed by atoms with E-state index in [0.717, 1.165) is 10.5 Å². The summed E-state index contributed by atoms with van der Waals surface area (Å²) in [6, 6.07) is 16.7. The van der Waals surface area contributed by atoms with Gasteiger partial charge in [-0.2, -0.15) is 0 Å². The minimum atomic E-state index is -0.855. The van der Waals surface area contributed by atoms with Crippen LogP contribution in [0.5, 0.6) is 0 Å². The Hall–Kier alpha value is -2.31. The normalized spacial score (nSPS) is 11.6. The molecular weight excluding hydrogens is 324 g/mol. The first-order chi connectivity index (χ1) is 11.6. The summed E-state index contributed by atoms with van der Waals surface area (Å²) >= 11 is 1.61. The Kier molecular flexibility index (Phi) is 6.84. The summed E-state index contributed by atoms with van der Waals surface area (Å²) in [6.45, 7) is 0.266. The molecule has 0 fully saturated rings. The van der Waals surface area contributed by atoms with Gasteiger partial charge in [-0.15, -0.1) is 11.8 Å². The molecule has 0 saturated heterocycles. The molecule has 0 aliphatic rings. The summed E-state index contributed by atoms with van der Waals surface area (Å²) in [5.41, 5.74) is 1.60. The molecule has 126 valence electrons. The summed E-state index contributed by atoms with van der Waals surface area (Å²) in [6.07, 6.45) is 1.12. The highest BCUT2D eigenvalue weighted by Gasteiger charge is 2.15. The summed E-state index contributed by atoms with van der Waals surface area (Å²) in [5.74, 6) is -1.48. The van der Waals surface area contributed by atoms with E-state index in [2.05, 4.69) is 10.6 Å². The molecule has 24 heavy (non-hydrogen) atoms. The first kappa shape index (κ1) is 18.0. The van der Waals surface area contributed by atoms with Crippen LogP contribution in [-0.4, -0.2) is 29.7 Å². The first-order valence-corrected chi connectivity index (χ1v) is 8.74. The molecular formula is C18H20N2O3S. The van der Waals surface area contributed by atoms with Gasteiger partial charge in [0.25, 0.3) is 0 Å². The lowest BCUT2D eigenvalue weighted by Crippen LogP contribution is -2.41. The van der Waals surface area contributed by atoms with Gasteiger partial charge in [0.1, 0.15) is 0 Å². The Morgan fingerprint density at radius 2 is 1.62 bits per heavy atom. The van der Waals surface area contributed by atoms with E-state index in [1.807, 2.05) is 48.7 Å². The second-order valence-electron chi connectivity index (χ2n) is 5.17. The topological polar surface area (TPSA) is 78.4 Å². The minimum Gasteiger partial charge on any atom is -0.387 e. The number of rotatable bonds is 6. The zero-order chi connectivity index (χ0) is 17.4. The lowest BCUT2D eigenvalue weighted by Gasteiger charge is -2.12. The van der Waals surface area contributed by atoms with Gasteiger partial charge in [0.2, 0.25) is 0 Å². The molecule has 2 aromatic carbocycles. The van der Waals surface area contributed by atoms with Crippen molar-refractivity contribution in [2.24, 2.45) is 0 Å². The third-order valence-corrected chi connectivity index (χ3v) is 4.20. The monoisotopic (exact) mass is 344 g/mol. The van der Waals surface area contributed by atoms with E-state index in [0.29, 0.717) is 5.56 Å². The van der Waals surface area contributed by atoms with Gasteiger partial charge in [-0.1, -0.05) is 42.5 Å². The average molecular weight is 344 g/mol. The fourth-order valence-corrected chi connectivity index (χ4v) is 2.48. The fraction of sp³-hybridized carbons (Fsp3) is 0.222. The SMILES string of the molecule is CSc1ccc([C@@H](O)CNC(=O)C(=O)NCc2ccccc2)cc1. The highest BCUT2D eigenvalue weighted by atomic mass is 32.2. The van der Waals surface area contributed by atoms with Gasteiger partial charge in [0.05, 0.1) is 6.10 Å². The Morgan fingerprint density at radius 3 is 2.25 bits per heavy atom. The zero-order valence-corrected chi connectivity index (χ0v) is 14.2. The number of benzene rings is 2. The molecule has 6 heteroatoms. The number of carbonyl (C=O) groups is 2. The van der Waals surface area contributed by atoms with Gasteiger partial charge < -0.3 is 15.7 Å². The summed E-state index contributed by atoms with van der Waals surface area (Å²) in [7, 11) is 0. The van der Waals surface area contributed by atoms with Gasteiger partial charge in [0, 0.05) is 18.0 Å². The van der Waals surface area contributed by atoms with Crippen molar-refractivity contribution in [3.63, 3.8) is 0 Å². The lowest BCUT2D eigenvalue weighted by molar-refractivity contribution is -0.139. The van der Waals surface area contributed by atoms with Crippen LogP contribution in [0.1, 0.15) is 17.2 Å². The van der Waals surface area contributed by atoms with E-state index < -0.39 is 17.9 Å². The molecule has 0 aliphatic heterocycles. The van der Waals surface area contributed by atoms with Crippen LogP contribution in [0.3, 0.4) is 0 Å². The molecule has 0 spiro atoms. The van der Waals surface area contributed by atoms with E-state index in [1.165, 1.54) is 0 Å². The van der Waals surface area contributed by atoms with Crippen LogP contribution in [0.2, 0.25) is 0 Å². The first-order valence-electron chi connectivity index (χ1n) is 7.52. The van der Waals surface area contributed by atoms with Gasteiger partial charge in [-0.25, -0.2) is 0 Å². The number of amides is 2. The molecule has 0 aliphatic carbocycles. The zero-order valence-electron chi connectivity index (χ0n) is 13.4. The smallest absolute Gasteiger partial charge is 0.309 e. The summed E-state index contributed by atoms with van der Waals surface area (Å²) in [4.78, 5) is 24.6. The van der Waals surface area contributed by atoms with E-state index in [1.54, 1.807) is 23.9 Å². The predicted molar refractivity (Wildman–Crippen MR) is 94.5 cm³/mol. The van der Waals surface area contributed by atoms with Crippen molar-refractivity contribution in [1.29, 1.82) is 0 Å². The largest absolute Gasteiger partial charge is 0.387 e. The number of hydrogen-bond donors (Lipinski definition) is 3. The molecule has 0 unspecified atom stereocenters. The van der Waals surface area contributed by atoms with E-state index in [9.17, 15) is 14.7 Å². The third-order valence-electron chi connectivity index (χ3n) is 3.46. The quantitative estimate of drug-likeness (QED) is 0.552.